The van der Waals surface area contributed by atoms with Gasteiger partial charge in [0.1, 0.15) is 12.7 Å². The van der Waals surface area contributed by atoms with Crippen LogP contribution in [0.15, 0.2) is 0 Å². The molecule has 1 rings (SSSR count). The first-order valence-corrected chi connectivity index (χ1v) is 7.75. The molecule has 0 unspecified atom stereocenters. The Morgan fingerprint density at radius 1 is 0.760 bits per heavy atom. The summed E-state index contributed by atoms with van der Waals surface area (Å²) in [6.07, 6.45) is -4.72. The number of hydrogen-bond acceptors (Lipinski definition) is 9. The van der Waals surface area contributed by atoms with Crippen molar-refractivity contribution in [3.63, 3.8) is 0 Å². The van der Waals surface area contributed by atoms with E-state index in [9.17, 15) is 19.2 Å². The molecule has 1 aliphatic heterocycles. The minimum absolute atomic E-state index is 0.180. The van der Waals surface area contributed by atoms with Crippen molar-refractivity contribution >= 4 is 23.9 Å². The van der Waals surface area contributed by atoms with E-state index in [1.807, 2.05) is 0 Å². The molecule has 5 atom stereocenters. The van der Waals surface area contributed by atoms with E-state index < -0.39 is 54.4 Å². The van der Waals surface area contributed by atoms with Gasteiger partial charge in [-0.1, -0.05) is 6.92 Å². The molecule has 0 aromatic carbocycles. The van der Waals surface area contributed by atoms with Crippen molar-refractivity contribution < 1.29 is 42.9 Å². The number of hydrogen-bond donors (Lipinski definition) is 0. The molecule has 9 heteroatoms. The quantitative estimate of drug-likeness (QED) is 0.489. The molecule has 0 amide bonds. The van der Waals surface area contributed by atoms with Crippen molar-refractivity contribution in [2.75, 3.05) is 6.61 Å². The number of carbonyl (C=O) groups is 4. The van der Waals surface area contributed by atoms with Crippen LogP contribution in [0, 0.1) is 6.92 Å². The summed E-state index contributed by atoms with van der Waals surface area (Å²) in [5, 5.41) is 0. The maximum atomic E-state index is 11.5. The van der Waals surface area contributed by atoms with Crippen molar-refractivity contribution in [2.45, 2.75) is 64.6 Å². The van der Waals surface area contributed by atoms with E-state index in [1.54, 1.807) is 0 Å². The number of carbonyl (C=O) groups excluding carboxylic acids is 4. The van der Waals surface area contributed by atoms with Crippen LogP contribution in [0.5, 0.6) is 0 Å². The van der Waals surface area contributed by atoms with Gasteiger partial charge in [0.05, 0.1) is 6.10 Å². The van der Waals surface area contributed by atoms with Gasteiger partial charge in [0.15, 0.2) is 18.3 Å². The highest BCUT2D eigenvalue weighted by Gasteiger charge is 2.51. The second-order valence-corrected chi connectivity index (χ2v) is 5.53. The highest BCUT2D eigenvalue weighted by molar-refractivity contribution is 5.68. The van der Waals surface area contributed by atoms with Gasteiger partial charge in [0.25, 0.3) is 0 Å². The summed E-state index contributed by atoms with van der Waals surface area (Å²) in [5.41, 5.74) is 0. The van der Waals surface area contributed by atoms with Gasteiger partial charge in [0.2, 0.25) is 0 Å². The van der Waals surface area contributed by atoms with Crippen molar-refractivity contribution in [3.05, 3.63) is 6.92 Å². The van der Waals surface area contributed by atoms with Crippen molar-refractivity contribution in [1.29, 1.82) is 0 Å². The van der Waals surface area contributed by atoms with E-state index in [2.05, 4.69) is 6.92 Å². The van der Waals surface area contributed by atoms with Gasteiger partial charge in [0, 0.05) is 27.7 Å². The first kappa shape index (κ1) is 20.9. The highest BCUT2D eigenvalue weighted by atomic mass is 16.7. The van der Waals surface area contributed by atoms with Gasteiger partial charge in [-0.15, -0.1) is 0 Å². The van der Waals surface area contributed by atoms with Crippen molar-refractivity contribution in [3.8, 4) is 0 Å². The van der Waals surface area contributed by atoms with E-state index in [1.165, 1.54) is 27.7 Å². The molecule has 0 saturated carbocycles. The fraction of sp³-hybridized carbons (Fsp3) is 0.688. The standard InChI is InChI=1S/C16H23O9/c1-6-12-14(22-9(3)18)16(24-11(5)20)15(23-10(4)19)13(25-12)7-21-8(2)17/h12-16H,1,6-7H2,2-5H3/t12-,13-,14+,15+,16-/m1/s1. The van der Waals surface area contributed by atoms with Gasteiger partial charge < -0.3 is 23.7 Å². The summed E-state index contributed by atoms with van der Waals surface area (Å²) in [7, 11) is 0. The second kappa shape index (κ2) is 9.36. The molecule has 141 valence electrons. The molecule has 0 aromatic heterocycles. The zero-order valence-electron chi connectivity index (χ0n) is 14.7. The van der Waals surface area contributed by atoms with Crippen LogP contribution in [-0.2, 0) is 42.9 Å². The molecule has 0 aromatic rings. The summed E-state index contributed by atoms with van der Waals surface area (Å²) < 4.78 is 26.3. The summed E-state index contributed by atoms with van der Waals surface area (Å²) in [6, 6.07) is 0. The molecule has 1 aliphatic rings. The predicted octanol–water partition coefficient (Wildman–Crippen LogP) is 0.336. The zero-order chi connectivity index (χ0) is 19.1. The van der Waals surface area contributed by atoms with Gasteiger partial charge in [-0.05, 0) is 6.42 Å². The Morgan fingerprint density at radius 3 is 1.60 bits per heavy atom. The Labute approximate surface area is 145 Å². The van der Waals surface area contributed by atoms with E-state index in [-0.39, 0.29) is 13.0 Å². The Hall–Kier alpha value is -2.16. The SMILES string of the molecule is [CH2]C[C@H]1O[C@H](COC(C)=O)[C@H](OC(C)=O)[C@H](OC(C)=O)[C@H]1OC(C)=O. The van der Waals surface area contributed by atoms with E-state index in [0.717, 1.165) is 0 Å². The van der Waals surface area contributed by atoms with Crippen LogP contribution in [0.25, 0.3) is 0 Å². The Bertz CT molecular complexity index is 516. The van der Waals surface area contributed by atoms with Crippen LogP contribution >= 0.6 is 0 Å². The Morgan fingerprint density at radius 2 is 1.20 bits per heavy atom. The van der Waals surface area contributed by atoms with E-state index >= 15 is 0 Å². The zero-order valence-corrected chi connectivity index (χ0v) is 14.7. The number of ether oxygens (including phenoxy) is 5. The molecule has 0 bridgehead atoms. The summed E-state index contributed by atoms with van der Waals surface area (Å²) >= 11 is 0. The molecule has 1 heterocycles. The minimum atomic E-state index is -1.12. The molecule has 0 N–H and O–H groups in total. The first-order chi connectivity index (χ1) is 11.6. The second-order valence-electron chi connectivity index (χ2n) is 5.53. The Kier molecular flexibility index (Phi) is 7.82. The lowest BCUT2D eigenvalue weighted by Gasteiger charge is -2.44. The number of rotatable bonds is 6. The van der Waals surface area contributed by atoms with Gasteiger partial charge in [-0.25, -0.2) is 0 Å². The van der Waals surface area contributed by atoms with Crippen LogP contribution in [-0.4, -0.2) is 61.0 Å². The predicted molar refractivity (Wildman–Crippen MR) is 81.9 cm³/mol. The monoisotopic (exact) mass is 359 g/mol. The molecule has 1 fully saturated rings. The Balaban J connectivity index is 3.18. The minimum Gasteiger partial charge on any atom is -0.463 e. The molecule has 9 nitrogen and oxygen atoms in total. The lowest BCUT2D eigenvalue weighted by atomic mass is 9.93. The summed E-state index contributed by atoms with van der Waals surface area (Å²) in [4.78, 5) is 45.5. The van der Waals surface area contributed by atoms with Crippen LogP contribution < -0.4 is 0 Å². The van der Waals surface area contributed by atoms with Crippen LogP contribution in [0.2, 0.25) is 0 Å². The molecule has 1 saturated heterocycles. The lowest BCUT2D eigenvalue weighted by Crippen LogP contribution is -2.62. The average molecular weight is 359 g/mol. The lowest BCUT2D eigenvalue weighted by molar-refractivity contribution is -0.251. The maximum Gasteiger partial charge on any atom is 0.303 e. The van der Waals surface area contributed by atoms with Crippen LogP contribution in [0.1, 0.15) is 34.1 Å². The normalized spacial score (nSPS) is 28.6. The number of esters is 4. The molecular formula is C16H23O9. The third kappa shape index (κ3) is 6.33. The molecule has 0 spiro atoms. The summed E-state index contributed by atoms with van der Waals surface area (Å²) in [6.45, 7) is 8.24. The van der Waals surface area contributed by atoms with E-state index in [0.29, 0.717) is 0 Å². The molecule has 25 heavy (non-hydrogen) atoms. The largest absolute Gasteiger partial charge is 0.463 e. The van der Waals surface area contributed by atoms with Crippen LogP contribution in [0.4, 0.5) is 0 Å². The average Bonchev–Trinajstić information content (AvgIpc) is 2.48. The highest BCUT2D eigenvalue weighted by Crippen LogP contribution is 2.30. The van der Waals surface area contributed by atoms with E-state index in [4.69, 9.17) is 23.7 Å². The van der Waals surface area contributed by atoms with Gasteiger partial charge in [-0.2, -0.15) is 0 Å². The van der Waals surface area contributed by atoms with Crippen molar-refractivity contribution in [2.24, 2.45) is 0 Å². The fourth-order valence-corrected chi connectivity index (χ4v) is 2.55. The van der Waals surface area contributed by atoms with Crippen molar-refractivity contribution in [1.82, 2.24) is 0 Å². The fourth-order valence-electron chi connectivity index (χ4n) is 2.55. The first-order valence-electron chi connectivity index (χ1n) is 7.75. The molecule has 0 aliphatic carbocycles. The van der Waals surface area contributed by atoms with Crippen LogP contribution in [0.3, 0.4) is 0 Å². The topological polar surface area (TPSA) is 114 Å². The molecular weight excluding hydrogens is 336 g/mol. The third-order valence-corrected chi connectivity index (χ3v) is 3.37. The maximum absolute atomic E-state index is 11.5. The smallest absolute Gasteiger partial charge is 0.303 e. The third-order valence-electron chi connectivity index (χ3n) is 3.37. The summed E-state index contributed by atoms with van der Waals surface area (Å²) in [5.74, 6) is -2.49. The van der Waals surface area contributed by atoms with Gasteiger partial charge >= 0.3 is 23.9 Å². The van der Waals surface area contributed by atoms with Gasteiger partial charge in [-0.3, -0.25) is 19.2 Å². The molecule has 1 radical (unpaired) electrons.